The van der Waals surface area contributed by atoms with Gasteiger partial charge in [0.1, 0.15) is 6.10 Å². The van der Waals surface area contributed by atoms with Crippen molar-refractivity contribution in [2.45, 2.75) is 45.1 Å². The van der Waals surface area contributed by atoms with Crippen molar-refractivity contribution in [3.63, 3.8) is 0 Å². The summed E-state index contributed by atoms with van der Waals surface area (Å²) in [6, 6.07) is 3.78. The van der Waals surface area contributed by atoms with Crippen molar-refractivity contribution in [2.75, 3.05) is 0 Å². The number of carbonyl (C=O) groups excluding carboxylic acids is 1. The van der Waals surface area contributed by atoms with E-state index in [1.54, 1.807) is 13.1 Å². The van der Waals surface area contributed by atoms with Gasteiger partial charge in [0, 0.05) is 23.2 Å². The highest BCUT2D eigenvalue weighted by Gasteiger charge is 2.25. The lowest BCUT2D eigenvalue weighted by Crippen LogP contribution is -2.25. The Labute approximate surface area is 133 Å². The van der Waals surface area contributed by atoms with Crippen molar-refractivity contribution in [1.82, 2.24) is 4.98 Å². The van der Waals surface area contributed by atoms with E-state index in [-0.39, 0.29) is 12.1 Å². The second-order valence-electron chi connectivity index (χ2n) is 5.46. The van der Waals surface area contributed by atoms with Crippen molar-refractivity contribution in [3.05, 3.63) is 35.1 Å². The van der Waals surface area contributed by atoms with Crippen LogP contribution in [0.3, 0.4) is 0 Å². The van der Waals surface area contributed by atoms with Crippen LogP contribution in [0.25, 0.3) is 0 Å². The number of ether oxygens (including phenoxy) is 2. The van der Waals surface area contributed by atoms with Crippen LogP contribution in [-0.4, -0.2) is 17.1 Å². The van der Waals surface area contributed by atoms with Crippen LogP contribution in [0.1, 0.15) is 39.0 Å². The van der Waals surface area contributed by atoms with Crippen LogP contribution in [0.2, 0.25) is 0 Å². The fourth-order valence-electron chi connectivity index (χ4n) is 2.53. The Kier molecular flexibility index (Phi) is 5.79. The molecule has 4 nitrogen and oxygen atoms in total. The van der Waals surface area contributed by atoms with Crippen LogP contribution in [0.4, 0.5) is 0 Å². The van der Waals surface area contributed by atoms with E-state index in [0.717, 1.165) is 30.2 Å². The van der Waals surface area contributed by atoms with Crippen LogP contribution in [-0.2, 0) is 9.53 Å². The molecular formula is C16H20BrNO3. The first-order chi connectivity index (χ1) is 10.0. The SMILES string of the molecule is C=C(C)OC(=O)C[C@H]1CC[C@@H](Oc2ccc(Br)cn2)CC1. The Balaban J connectivity index is 1.74. The lowest BCUT2D eigenvalue weighted by molar-refractivity contribution is -0.140. The molecule has 0 saturated heterocycles. The molecule has 0 unspecified atom stereocenters. The molecule has 114 valence electrons. The molecule has 0 amide bonds. The molecule has 0 aliphatic heterocycles. The summed E-state index contributed by atoms with van der Waals surface area (Å²) in [5.74, 6) is 1.32. The molecule has 1 aromatic rings. The number of hydrogen-bond acceptors (Lipinski definition) is 4. The third kappa shape index (κ3) is 5.50. The van der Waals surface area contributed by atoms with E-state index < -0.39 is 0 Å². The summed E-state index contributed by atoms with van der Waals surface area (Å²) >= 11 is 3.35. The quantitative estimate of drug-likeness (QED) is 0.586. The zero-order valence-electron chi connectivity index (χ0n) is 12.2. The molecule has 0 bridgehead atoms. The molecule has 0 atom stereocenters. The van der Waals surface area contributed by atoms with Crippen LogP contribution in [0.15, 0.2) is 35.1 Å². The van der Waals surface area contributed by atoms with Crippen LogP contribution >= 0.6 is 15.9 Å². The molecule has 0 N–H and O–H groups in total. The van der Waals surface area contributed by atoms with Gasteiger partial charge in [-0.05, 0) is 60.5 Å². The molecule has 1 aromatic heterocycles. The maximum Gasteiger partial charge on any atom is 0.311 e. The zero-order chi connectivity index (χ0) is 15.2. The van der Waals surface area contributed by atoms with Crippen molar-refractivity contribution >= 4 is 21.9 Å². The minimum atomic E-state index is -0.179. The Morgan fingerprint density at radius 1 is 1.38 bits per heavy atom. The number of hydrogen-bond donors (Lipinski definition) is 0. The van der Waals surface area contributed by atoms with Crippen LogP contribution in [0.5, 0.6) is 5.88 Å². The first-order valence-electron chi connectivity index (χ1n) is 7.17. The Bertz CT molecular complexity index is 493. The summed E-state index contributed by atoms with van der Waals surface area (Å²) in [5, 5.41) is 0. The van der Waals surface area contributed by atoms with E-state index in [9.17, 15) is 4.79 Å². The van der Waals surface area contributed by atoms with E-state index in [2.05, 4.69) is 27.5 Å². The average molecular weight is 354 g/mol. The lowest BCUT2D eigenvalue weighted by atomic mass is 9.85. The average Bonchev–Trinajstić information content (AvgIpc) is 2.42. The van der Waals surface area contributed by atoms with Gasteiger partial charge in [-0.1, -0.05) is 6.58 Å². The van der Waals surface area contributed by atoms with Gasteiger partial charge in [-0.25, -0.2) is 4.98 Å². The third-order valence-electron chi connectivity index (χ3n) is 3.52. The van der Waals surface area contributed by atoms with Crippen molar-refractivity contribution in [3.8, 4) is 5.88 Å². The maximum absolute atomic E-state index is 11.6. The van der Waals surface area contributed by atoms with Crippen molar-refractivity contribution in [2.24, 2.45) is 5.92 Å². The summed E-state index contributed by atoms with van der Waals surface area (Å²) < 4.78 is 11.8. The van der Waals surface area contributed by atoms with E-state index >= 15 is 0 Å². The second-order valence-corrected chi connectivity index (χ2v) is 6.37. The summed E-state index contributed by atoms with van der Waals surface area (Å²) in [5.41, 5.74) is 0. The largest absolute Gasteiger partial charge is 0.474 e. The van der Waals surface area contributed by atoms with Gasteiger partial charge in [-0.15, -0.1) is 0 Å². The topological polar surface area (TPSA) is 48.4 Å². The van der Waals surface area contributed by atoms with Gasteiger partial charge < -0.3 is 9.47 Å². The van der Waals surface area contributed by atoms with Crippen molar-refractivity contribution < 1.29 is 14.3 Å². The van der Waals surface area contributed by atoms with Gasteiger partial charge in [0.15, 0.2) is 0 Å². The Morgan fingerprint density at radius 2 is 2.10 bits per heavy atom. The second kappa shape index (κ2) is 7.59. The van der Waals surface area contributed by atoms with Gasteiger partial charge in [-0.3, -0.25) is 4.79 Å². The highest BCUT2D eigenvalue weighted by molar-refractivity contribution is 9.10. The third-order valence-corrected chi connectivity index (χ3v) is 3.99. The van der Waals surface area contributed by atoms with E-state index in [4.69, 9.17) is 9.47 Å². The number of esters is 1. The number of nitrogens with zero attached hydrogens (tertiary/aromatic N) is 1. The van der Waals surface area contributed by atoms with Gasteiger partial charge in [-0.2, -0.15) is 0 Å². The summed E-state index contributed by atoms with van der Waals surface area (Å²) in [7, 11) is 0. The molecule has 0 aromatic carbocycles. The van der Waals surface area contributed by atoms with Crippen LogP contribution in [0, 0.1) is 5.92 Å². The van der Waals surface area contributed by atoms with Crippen molar-refractivity contribution in [1.29, 1.82) is 0 Å². The van der Waals surface area contributed by atoms with E-state index in [1.165, 1.54) is 0 Å². The number of carbonyl (C=O) groups is 1. The fourth-order valence-corrected chi connectivity index (χ4v) is 2.76. The summed E-state index contributed by atoms with van der Waals surface area (Å²) in [4.78, 5) is 15.8. The number of pyridine rings is 1. The first-order valence-corrected chi connectivity index (χ1v) is 7.96. The molecule has 1 fully saturated rings. The number of halogens is 1. The highest BCUT2D eigenvalue weighted by atomic mass is 79.9. The smallest absolute Gasteiger partial charge is 0.311 e. The Morgan fingerprint density at radius 3 is 2.67 bits per heavy atom. The van der Waals surface area contributed by atoms with E-state index in [0.29, 0.717) is 24.0 Å². The molecule has 1 heterocycles. The molecule has 0 spiro atoms. The number of rotatable bonds is 5. The summed E-state index contributed by atoms with van der Waals surface area (Å²) in [6.07, 6.45) is 6.24. The maximum atomic E-state index is 11.6. The summed E-state index contributed by atoms with van der Waals surface area (Å²) in [6.45, 7) is 5.27. The normalized spacial score (nSPS) is 21.6. The molecule has 1 aliphatic rings. The predicted octanol–water partition coefficient (Wildman–Crippen LogP) is 4.25. The molecular weight excluding hydrogens is 334 g/mol. The first kappa shape index (κ1) is 16.0. The van der Waals surface area contributed by atoms with E-state index in [1.807, 2.05) is 12.1 Å². The lowest BCUT2D eigenvalue weighted by Gasteiger charge is -2.28. The minimum Gasteiger partial charge on any atom is -0.474 e. The van der Waals surface area contributed by atoms with Gasteiger partial charge in [0.25, 0.3) is 0 Å². The molecule has 21 heavy (non-hydrogen) atoms. The fraction of sp³-hybridized carbons (Fsp3) is 0.500. The zero-order valence-corrected chi connectivity index (χ0v) is 13.8. The standard InChI is InChI=1S/C16H20BrNO3/c1-11(2)20-16(19)9-12-3-6-14(7-4-12)21-15-8-5-13(17)10-18-15/h5,8,10,12,14H,1,3-4,6-7,9H2,2H3/t12-,14+. The predicted molar refractivity (Wildman–Crippen MR) is 83.8 cm³/mol. The van der Waals surface area contributed by atoms with Gasteiger partial charge in [0.2, 0.25) is 5.88 Å². The monoisotopic (exact) mass is 353 g/mol. The Hall–Kier alpha value is -1.36. The molecule has 1 saturated carbocycles. The minimum absolute atomic E-state index is 0.179. The number of allylic oxidation sites excluding steroid dienone is 1. The molecule has 5 heteroatoms. The molecule has 1 aliphatic carbocycles. The number of aromatic nitrogens is 1. The molecule has 0 radical (unpaired) electrons. The van der Waals surface area contributed by atoms with Gasteiger partial charge >= 0.3 is 5.97 Å². The van der Waals surface area contributed by atoms with Gasteiger partial charge in [0.05, 0.1) is 5.76 Å². The van der Waals surface area contributed by atoms with Crippen LogP contribution < -0.4 is 4.74 Å². The molecule has 2 rings (SSSR count). The highest BCUT2D eigenvalue weighted by Crippen LogP contribution is 2.29.